The van der Waals surface area contributed by atoms with Gasteiger partial charge in [-0.15, -0.1) is 0 Å². The first-order valence-corrected chi connectivity index (χ1v) is 6.46. The minimum Gasteiger partial charge on any atom is -0.382 e. The van der Waals surface area contributed by atoms with E-state index in [9.17, 15) is 0 Å². The van der Waals surface area contributed by atoms with Gasteiger partial charge in [0.15, 0.2) is 22.8 Å². The van der Waals surface area contributed by atoms with Gasteiger partial charge in [-0.3, -0.25) is 0 Å². The lowest BCUT2D eigenvalue weighted by molar-refractivity contribution is 1.17. The average molecular weight is 332 g/mol. The topological polar surface area (TPSA) is 130 Å². The Labute approximate surface area is 122 Å². The summed E-state index contributed by atoms with van der Waals surface area (Å²) < 4.78 is 0.962. The zero-order chi connectivity index (χ0) is 14.3. The van der Waals surface area contributed by atoms with E-state index in [1.54, 1.807) is 0 Å². The Balaban J connectivity index is 2.26. The summed E-state index contributed by atoms with van der Waals surface area (Å²) in [5, 5.41) is 0. The van der Waals surface area contributed by atoms with Crippen molar-refractivity contribution in [3.63, 3.8) is 0 Å². The summed E-state index contributed by atoms with van der Waals surface area (Å²) in [5.74, 6) is 0.482. The number of hydrogen-bond acceptors (Lipinski definition) is 7. The van der Waals surface area contributed by atoms with E-state index in [1.165, 1.54) is 0 Å². The molecule has 0 atom stereocenters. The summed E-state index contributed by atoms with van der Waals surface area (Å²) in [6.07, 6.45) is 0. The molecule has 0 spiro atoms. The van der Waals surface area contributed by atoms with Gasteiger partial charge in [-0.1, -0.05) is 28.1 Å². The van der Waals surface area contributed by atoms with Crippen LogP contribution in [0, 0.1) is 0 Å². The first-order chi connectivity index (χ1) is 9.54. The van der Waals surface area contributed by atoms with E-state index < -0.39 is 0 Å². The molecule has 0 unspecified atom stereocenters. The van der Waals surface area contributed by atoms with Gasteiger partial charge in [0.25, 0.3) is 0 Å². The highest BCUT2D eigenvalue weighted by molar-refractivity contribution is 9.10. The van der Waals surface area contributed by atoms with Gasteiger partial charge >= 0.3 is 0 Å². The average Bonchev–Trinajstić information content (AvgIpc) is 2.39. The van der Waals surface area contributed by atoms with E-state index in [0.29, 0.717) is 11.2 Å². The van der Waals surface area contributed by atoms with Crippen LogP contribution >= 0.6 is 15.9 Å². The molecule has 0 aliphatic rings. The summed E-state index contributed by atoms with van der Waals surface area (Å²) >= 11 is 3.37. The molecule has 0 radical (unpaired) electrons. The van der Waals surface area contributed by atoms with Crippen LogP contribution in [0.2, 0.25) is 0 Å². The third-order valence-electron chi connectivity index (χ3n) is 2.72. The maximum absolute atomic E-state index is 5.93. The lowest BCUT2D eigenvalue weighted by Crippen LogP contribution is -2.06. The van der Waals surface area contributed by atoms with E-state index in [0.717, 1.165) is 10.0 Å². The molecule has 2 aromatic heterocycles. The van der Waals surface area contributed by atoms with Gasteiger partial charge in [-0.2, -0.15) is 9.97 Å². The first kappa shape index (κ1) is 12.5. The molecule has 0 aliphatic heterocycles. The smallest absolute Gasteiger partial charge is 0.224 e. The van der Waals surface area contributed by atoms with Crippen LogP contribution in [-0.2, 0) is 0 Å². The van der Waals surface area contributed by atoms with E-state index >= 15 is 0 Å². The highest BCUT2D eigenvalue weighted by Crippen LogP contribution is 2.27. The summed E-state index contributed by atoms with van der Waals surface area (Å²) in [6.45, 7) is 0. The minimum absolute atomic E-state index is 0.0418. The van der Waals surface area contributed by atoms with Crippen LogP contribution in [-0.4, -0.2) is 19.9 Å². The number of hydrogen-bond donors (Lipinski definition) is 3. The Morgan fingerprint density at radius 3 is 2.20 bits per heavy atom. The second-order valence-electron chi connectivity index (χ2n) is 4.10. The molecule has 2 heterocycles. The quantitative estimate of drug-likeness (QED) is 0.617. The predicted octanol–water partition coefficient (Wildman–Crippen LogP) is 1.60. The number of nitrogens with zero attached hydrogens (tertiary/aromatic N) is 4. The molecule has 6 N–H and O–H groups in total. The summed E-state index contributed by atoms with van der Waals surface area (Å²) in [6, 6.07) is 7.54. The Bertz CT molecular complexity index is 801. The molecular weight excluding hydrogens is 322 g/mol. The van der Waals surface area contributed by atoms with Crippen LogP contribution in [0.5, 0.6) is 0 Å². The van der Waals surface area contributed by atoms with Crippen LogP contribution in [0.15, 0.2) is 28.7 Å². The number of anilines is 3. The number of nitrogen functional groups attached to an aromatic ring is 3. The maximum Gasteiger partial charge on any atom is 0.224 e. The first-order valence-electron chi connectivity index (χ1n) is 5.67. The lowest BCUT2D eigenvalue weighted by atomic mass is 10.1. The number of nitrogens with two attached hydrogens (primary N) is 3. The molecule has 0 fully saturated rings. The molecule has 3 rings (SSSR count). The third-order valence-corrected chi connectivity index (χ3v) is 3.25. The van der Waals surface area contributed by atoms with Gasteiger partial charge in [-0.25, -0.2) is 9.97 Å². The zero-order valence-corrected chi connectivity index (χ0v) is 11.8. The SMILES string of the molecule is Nc1nc(N)c2nc(-c3ccc(Br)cc3)c(N)nc2n1. The minimum atomic E-state index is 0.0418. The molecule has 1 aromatic carbocycles. The normalized spacial score (nSPS) is 10.8. The summed E-state index contributed by atoms with van der Waals surface area (Å²) in [5.41, 5.74) is 19.3. The Kier molecular flexibility index (Phi) is 2.87. The van der Waals surface area contributed by atoms with Gasteiger partial charge in [0.05, 0.1) is 0 Å². The second kappa shape index (κ2) is 4.57. The fraction of sp³-hybridized carbons (Fsp3) is 0. The van der Waals surface area contributed by atoms with Gasteiger partial charge in [-0.05, 0) is 12.1 Å². The number of benzene rings is 1. The van der Waals surface area contributed by atoms with E-state index in [2.05, 4.69) is 35.9 Å². The van der Waals surface area contributed by atoms with E-state index in [1.807, 2.05) is 24.3 Å². The molecule has 0 amide bonds. The van der Waals surface area contributed by atoms with Crippen molar-refractivity contribution in [1.82, 2.24) is 19.9 Å². The van der Waals surface area contributed by atoms with Crippen molar-refractivity contribution in [2.45, 2.75) is 0 Å². The molecule has 100 valence electrons. The van der Waals surface area contributed by atoms with Crippen molar-refractivity contribution >= 4 is 44.7 Å². The van der Waals surface area contributed by atoms with E-state index in [4.69, 9.17) is 17.2 Å². The lowest BCUT2D eigenvalue weighted by Gasteiger charge is -2.07. The Morgan fingerprint density at radius 1 is 0.800 bits per heavy atom. The number of fused-ring (bicyclic) bond motifs is 1. The molecule has 3 aromatic rings. The van der Waals surface area contributed by atoms with Crippen molar-refractivity contribution < 1.29 is 0 Å². The van der Waals surface area contributed by atoms with Crippen LogP contribution in [0.3, 0.4) is 0 Å². The molecular formula is C12H10BrN7. The fourth-order valence-electron chi connectivity index (χ4n) is 1.82. The molecule has 7 nitrogen and oxygen atoms in total. The number of rotatable bonds is 1. The van der Waals surface area contributed by atoms with Gasteiger partial charge in [0.1, 0.15) is 5.69 Å². The molecule has 20 heavy (non-hydrogen) atoms. The Morgan fingerprint density at radius 2 is 1.50 bits per heavy atom. The van der Waals surface area contributed by atoms with Crippen molar-refractivity contribution in [2.75, 3.05) is 17.2 Å². The second-order valence-corrected chi connectivity index (χ2v) is 5.02. The fourth-order valence-corrected chi connectivity index (χ4v) is 2.08. The molecule has 0 bridgehead atoms. The highest BCUT2D eigenvalue weighted by atomic mass is 79.9. The number of halogens is 1. The van der Waals surface area contributed by atoms with Crippen LogP contribution in [0.4, 0.5) is 17.6 Å². The number of aromatic nitrogens is 4. The van der Waals surface area contributed by atoms with Crippen LogP contribution < -0.4 is 17.2 Å². The molecule has 0 aliphatic carbocycles. The van der Waals surface area contributed by atoms with Gasteiger partial charge < -0.3 is 17.2 Å². The van der Waals surface area contributed by atoms with Crippen molar-refractivity contribution in [3.8, 4) is 11.3 Å². The largest absolute Gasteiger partial charge is 0.382 e. The predicted molar refractivity (Wildman–Crippen MR) is 81.5 cm³/mol. The van der Waals surface area contributed by atoms with Crippen molar-refractivity contribution in [2.24, 2.45) is 0 Å². The maximum atomic E-state index is 5.93. The molecule has 8 heteroatoms. The van der Waals surface area contributed by atoms with Crippen LogP contribution in [0.1, 0.15) is 0 Å². The van der Waals surface area contributed by atoms with E-state index in [-0.39, 0.29) is 23.2 Å². The van der Waals surface area contributed by atoms with Crippen molar-refractivity contribution in [1.29, 1.82) is 0 Å². The summed E-state index contributed by atoms with van der Waals surface area (Å²) in [7, 11) is 0. The standard InChI is InChI=1S/C12H10BrN7/c13-6-3-1-5(2-4-6)7-9(14)18-11-8(17-7)10(15)19-12(16)20-11/h1-4H,(H6,14,15,16,18,19,20). The van der Waals surface area contributed by atoms with Gasteiger partial charge in [0.2, 0.25) is 5.95 Å². The Hall–Kier alpha value is -2.48. The monoisotopic (exact) mass is 331 g/mol. The van der Waals surface area contributed by atoms with Crippen molar-refractivity contribution in [3.05, 3.63) is 28.7 Å². The summed E-state index contributed by atoms with van der Waals surface area (Å²) in [4.78, 5) is 16.4. The van der Waals surface area contributed by atoms with Crippen LogP contribution in [0.25, 0.3) is 22.4 Å². The third kappa shape index (κ3) is 2.10. The molecule has 0 saturated heterocycles. The van der Waals surface area contributed by atoms with Gasteiger partial charge in [0, 0.05) is 10.0 Å². The zero-order valence-electron chi connectivity index (χ0n) is 10.2. The molecule has 0 saturated carbocycles. The highest BCUT2D eigenvalue weighted by Gasteiger charge is 2.12.